The van der Waals surface area contributed by atoms with Crippen LogP contribution in [-0.2, 0) is 17.9 Å². The third-order valence-electron chi connectivity index (χ3n) is 4.80. The summed E-state index contributed by atoms with van der Waals surface area (Å²) in [6.45, 7) is 1.29. The van der Waals surface area contributed by atoms with Gasteiger partial charge >= 0.3 is 0 Å². The minimum atomic E-state index is -0.398. The number of fused-ring (bicyclic) bond motifs is 1. The number of anilines is 1. The predicted octanol–water partition coefficient (Wildman–Crippen LogP) is 2.32. The molecule has 0 saturated carbocycles. The third kappa shape index (κ3) is 4.55. The van der Waals surface area contributed by atoms with Crippen molar-refractivity contribution in [1.82, 2.24) is 9.80 Å². The van der Waals surface area contributed by atoms with Crippen LogP contribution in [0.2, 0.25) is 0 Å². The second-order valence-corrected chi connectivity index (χ2v) is 7.30. The maximum absolute atomic E-state index is 13.0. The van der Waals surface area contributed by atoms with Crippen LogP contribution in [-0.4, -0.2) is 59.6 Å². The van der Waals surface area contributed by atoms with Crippen LogP contribution in [0.5, 0.6) is 17.2 Å². The lowest BCUT2D eigenvalue weighted by atomic mass is 10.1. The molecule has 2 aromatic carbocycles. The topological polar surface area (TPSA) is 102 Å². The molecule has 3 rings (SSSR count). The number of likely N-dealkylation sites (N-methyl/N-ethyl adjacent to an activating group) is 1. The van der Waals surface area contributed by atoms with E-state index in [1.165, 1.54) is 19.3 Å². The van der Waals surface area contributed by atoms with Crippen LogP contribution in [0.3, 0.4) is 0 Å². The number of carbonyl (C=O) groups is 2. The lowest BCUT2D eigenvalue weighted by Crippen LogP contribution is -2.25. The highest BCUT2D eigenvalue weighted by molar-refractivity contribution is 6.01. The van der Waals surface area contributed by atoms with Crippen molar-refractivity contribution in [2.75, 3.05) is 33.1 Å². The molecular weight excluding hydrogens is 386 g/mol. The second kappa shape index (κ2) is 8.87. The van der Waals surface area contributed by atoms with Crippen LogP contribution < -0.4 is 10.1 Å². The zero-order chi connectivity index (χ0) is 21.8. The number of nitrogens with zero attached hydrogens (tertiary/aromatic N) is 2. The van der Waals surface area contributed by atoms with Crippen molar-refractivity contribution in [2.45, 2.75) is 13.1 Å². The molecule has 0 fully saturated rings. The Hall–Kier alpha value is -3.52. The van der Waals surface area contributed by atoms with Crippen LogP contribution in [0.4, 0.5) is 5.69 Å². The van der Waals surface area contributed by atoms with Crippen molar-refractivity contribution in [2.24, 2.45) is 0 Å². The first kappa shape index (κ1) is 21.2. The lowest BCUT2D eigenvalue weighted by molar-refractivity contribution is -0.111. The van der Waals surface area contributed by atoms with Gasteiger partial charge in [0.15, 0.2) is 11.5 Å². The molecule has 3 N–H and O–H groups in total. The first-order chi connectivity index (χ1) is 14.3. The number of methoxy groups -OCH3 is 1. The number of phenolic OH excluding ortho intramolecular Hbond substituents is 2. The summed E-state index contributed by atoms with van der Waals surface area (Å²) in [5, 5.41) is 22.7. The zero-order valence-corrected chi connectivity index (χ0v) is 17.2. The Balaban J connectivity index is 1.77. The van der Waals surface area contributed by atoms with Crippen LogP contribution in [0.15, 0.2) is 42.5 Å². The van der Waals surface area contributed by atoms with E-state index in [1.807, 2.05) is 31.1 Å². The molecule has 158 valence electrons. The summed E-state index contributed by atoms with van der Waals surface area (Å²) in [4.78, 5) is 28.7. The highest BCUT2D eigenvalue weighted by Gasteiger charge is 2.28. The van der Waals surface area contributed by atoms with Gasteiger partial charge in [-0.2, -0.15) is 0 Å². The van der Waals surface area contributed by atoms with E-state index in [0.717, 1.165) is 17.2 Å². The summed E-state index contributed by atoms with van der Waals surface area (Å²) in [5.74, 6) is -1.11. The number of phenols is 2. The molecule has 0 saturated heterocycles. The maximum atomic E-state index is 13.0. The SMILES string of the molecule is COc1cc(C(=O)N2Cc3cccc(NC(=O)/C=C/CN(C)C)c3C2)c(O)cc1O. The largest absolute Gasteiger partial charge is 0.507 e. The summed E-state index contributed by atoms with van der Waals surface area (Å²) in [6, 6.07) is 7.92. The van der Waals surface area contributed by atoms with E-state index in [9.17, 15) is 19.8 Å². The molecule has 0 spiro atoms. The monoisotopic (exact) mass is 411 g/mol. The molecule has 1 heterocycles. The van der Waals surface area contributed by atoms with Crippen LogP contribution in [0.25, 0.3) is 0 Å². The molecule has 0 aliphatic carbocycles. The van der Waals surface area contributed by atoms with E-state index in [0.29, 0.717) is 18.8 Å². The van der Waals surface area contributed by atoms with Gasteiger partial charge in [0, 0.05) is 49.1 Å². The fourth-order valence-electron chi connectivity index (χ4n) is 3.29. The molecule has 0 aromatic heterocycles. The minimum Gasteiger partial charge on any atom is -0.507 e. The van der Waals surface area contributed by atoms with Crippen molar-refractivity contribution >= 4 is 17.5 Å². The van der Waals surface area contributed by atoms with Gasteiger partial charge in [-0.05, 0) is 25.7 Å². The molecule has 1 aliphatic heterocycles. The molecule has 8 heteroatoms. The smallest absolute Gasteiger partial charge is 0.258 e. The van der Waals surface area contributed by atoms with Gasteiger partial charge in [-0.3, -0.25) is 9.59 Å². The van der Waals surface area contributed by atoms with Crippen LogP contribution in [0, 0.1) is 0 Å². The first-order valence-corrected chi connectivity index (χ1v) is 9.42. The van der Waals surface area contributed by atoms with Crippen LogP contribution in [0.1, 0.15) is 21.5 Å². The summed E-state index contributed by atoms with van der Waals surface area (Å²) in [6.07, 6.45) is 3.26. The lowest BCUT2D eigenvalue weighted by Gasteiger charge is -2.17. The average molecular weight is 411 g/mol. The summed E-state index contributed by atoms with van der Waals surface area (Å²) in [5.41, 5.74) is 2.46. The molecular formula is C22H25N3O5. The van der Waals surface area contributed by atoms with Crippen molar-refractivity contribution < 1.29 is 24.5 Å². The number of nitrogens with one attached hydrogen (secondary N) is 1. The number of aromatic hydroxyl groups is 2. The van der Waals surface area contributed by atoms with Gasteiger partial charge in [-0.15, -0.1) is 0 Å². The molecule has 8 nitrogen and oxygen atoms in total. The number of hydrogen-bond donors (Lipinski definition) is 3. The van der Waals surface area contributed by atoms with Crippen molar-refractivity contribution in [3.8, 4) is 17.2 Å². The second-order valence-electron chi connectivity index (χ2n) is 7.30. The van der Waals surface area contributed by atoms with Crippen molar-refractivity contribution in [3.05, 3.63) is 59.2 Å². The fraction of sp³-hybridized carbons (Fsp3) is 0.273. The predicted molar refractivity (Wildman–Crippen MR) is 113 cm³/mol. The van der Waals surface area contributed by atoms with Gasteiger partial charge in [-0.25, -0.2) is 0 Å². The van der Waals surface area contributed by atoms with Gasteiger partial charge in [0.25, 0.3) is 5.91 Å². The van der Waals surface area contributed by atoms with Crippen LogP contribution >= 0.6 is 0 Å². The van der Waals surface area contributed by atoms with E-state index in [1.54, 1.807) is 17.0 Å². The molecule has 2 aromatic rings. The Morgan fingerprint density at radius 2 is 1.97 bits per heavy atom. The number of amides is 2. The molecule has 1 aliphatic rings. The normalized spacial score (nSPS) is 13.0. The Labute approximate surface area is 175 Å². The quantitative estimate of drug-likeness (QED) is 0.631. The molecule has 0 bridgehead atoms. The highest BCUT2D eigenvalue weighted by Crippen LogP contribution is 2.36. The molecule has 0 unspecified atom stereocenters. The van der Waals surface area contributed by atoms with E-state index in [-0.39, 0.29) is 35.3 Å². The van der Waals surface area contributed by atoms with Gasteiger partial charge in [0.1, 0.15) is 5.75 Å². The van der Waals surface area contributed by atoms with Crippen molar-refractivity contribution in [3.63, 3.8) is 0 Å². The molecule has 0 atom stereocenters. The highest BCUT2D eigenvalue weighted by atomic mass is 16.5. The summed E-state index contributed by atoms with van der Waals surface area (Å²) >= 11 is 0. The van der Waals surface area contributed by atoms with E-state index in [4.69, 9.17) is 4.74 Å². The Morgan fingerprint density at radius 3 is 2.67 bits per heavy atom. The Bertz CT molecular complexity index is 1000. The first-order valence-electron chi connectivity index (χ1n) is 9.42. The standard InChI is InChI=1S/C22H25N3O5/c1-24(2)9-5-8-21(28)23-17-7-4-6-14-12-25(13-16(14)17)22(29)15-10-20(30-3)19(27)11-18(15)26/h4-8,10-11,26-27H,9,12-13H2,1-3H3,(H,23,28)/b8-5+. The number of ether oxygens (including phenoxy) is 1. The van der Waals surface area contributed by atoms with Gasteiger partial charge in [-0.1, -0.05) is 18.2 Å². The summed E-state index contributed by atoms with van der Waals surface area (Å²) in [7, 11) is 5.20. The van der Waals surface area contributed by atoms with Gasteiger partial charge in [0.05, 0.1) is 12.7 Å². The number of carbonyl (C=O) groups excluding carboxylic acids is 2. The molecule has 0 radical (unpaired) electrons. The fourth-order valence-corrected chi connectivity index (χ4v) is 3.29. The average Bonchev–Trinajstić information content (AvgIpc) is 3.13. The van der Waals surface area contributed by atoms with Crippen molar-refractivity contribution in [1.29, 1.82) is 0 Å². The zero-order valence-electron chi connectivity index (χ0n) is 17.2. The van der Waals surface area contributed by atoms with E-state index in [2.05, 4.69) is 5.32 Å². The summed E-state index contributed by atoms with van der Waals surface area (Å²) < 4.78 is 5.04. The minimum absolute atomic E-state index is 0.0367. The Morgan fingerprint density at radius 1 is 1.20 bits per heavy atom. The number of hydrogen-bond acceptors (Lipinski definition) is 6. The van der Waals surface area contributed by atoms with E-state index < -0.39 is 5.91 Å². The number of rotatable bonds is 6. The molecule has 30 heavy (non-hydrogen) atoms. The Kier molecular flexibility index (Phi) is 6.27. The van der Waals surface area contributed by atoms with E-state index >= 15 is 0 Å². The third-order valence-corrected chi connectivity index (χ3v) is 4.80. The van der Waals surface area contributed by atoms with Gasteiger partial charge < -0.3 is 30.1 Å². The maximum Gasteiger partial charge on any atom is 0.258 e. The molecule has 2 amide bonds. The number of benzene rings is 2. The van der Waals surface area contributed by atoms with Gasteiger partial charge in [0.2, 0.25) is 5.91 Å².